The highest BCUT2D eigenvalue weighted by Crippen LogP contribution is 2.37. The summed E-state index contributed by atoms with van der Waals surface area (Å²) in [6.45, 7) is 3.98. The highest BCUT2D eigenvalue weighted by atomic mass is 79.9. The van der Waals surface area contributed by atoms with Crippen LogP contribution < -0.4 is 5.32 Å². The van der Waals surface area contributed by atoms with E-state index in [1.54, 1.807) is 0 Å². The summed E-state index contributed by atoms with van der Waals surface area (Å²) >= 11 is 3.54. The van der Waals surface area contributed by atoms with E-state index < -0.39 is 0 Å². The Hall–Kier alpha value is -0.870. The van der Waals surface area contributed by atoms with Crippen molar-refractivity contribution in [3.63, 3.8) is 0 Å². The van der Waals surface area contributed by atoms with Gasteiger partial charge in [-0.15, -0.1) is 0 Å². The summed E-state index contributed by atoms with van der Waals surface area (Å²) in [6.07, 6.45) is 5.14. The monoisotopic (exact) mass is 350 g/mol. The van der Waals surface area contributed by atoms with Crippen LogP contribution in [0.1, 0.15) is 50.6 Å². The van der Waals surface area contributed by atoms with Gasteiger partial charge in [0.1, 0.15) is 0 Å². The summed E-state index contributed by atoms with van der Waals surface area (Å²) in [5, 5.41) is 3.48. The number of nitrogens with one attached hydrogen (secondary N) is 1. The summed E-state index contributed by atoms with van der Waals surface area (Å²) in [5.41, 5.74) is 0.939. The Morgan fingerprint density at radius 2 is 2.33 bits per heavy atom. The van der Waals surface area contributed by atoms with E-state index in [1.165, 1.54) is 5.56 Å². The first-order valence-corrected chi connectivity index (χ1v) is 8.77. The zero-order chi connectivity index (χ0) is 14.9. The van der Waals surface area contributed by atoms with Crippen LogP contribution in [-0.2, 0) is 4.79 Å². The van der Waals surface area contributed by atoms with E-state index in [0.29, 0.717) is 5.91 Å². The zero-order valence-electron chi connectivity index (χ0n) is 12.6. The number of rotatable bonds is 3. The zero-order valence-corrected chi connectivity index (χ0v) is 14.2. The standard InChI is InChI=1S/C17H23BrN2O/c1-2-17(9-5-10-19-17)16(21)20-11-4-8-15(20)13-6-3-7-14(18)12-13/h3,6-7,12,15,19H,2,4-5,8-11H2,1H3. The molecule has 3 rings (SSSR count). The molecule has 0 saturated carbocycles. The smallest absolute Gasteiger partial charge is 0.243 e. The van der Waals surface area contributed by atoms with E-state index in [9.17, 15) is 4.79 Å². The molecule has 2 unspecified atom stereocenters. The summed E-state index contributed by atoms with van der Waals surface area (Å²) in [6, 6.07) is 8.62. The summed E-state index contributed by atoms with van der Waals surface area (Å²) < 4.78 is 1.09. The van der Waals surface area contributed by atoms with Gasteiger partial charge in [-0.1, -0.05) is 35.0 Å². The van der Waals surface area contributed by atoms with Gasteiger partial charge < -0.3 is 10.2 Å². The molecule has 0 aromatic heterocycles. The quantitative estimate of drug-likeness (QED) is 0.902. The Balaban J connectivity index is 1.85. The number of nitrogens with zero attached hydrogens (tertiary/aromatic N) is 1. The lowest BCUT2D eigenvalue weighted by molar-refractivity contribution is -0.139. The Morgan fingerprint density at radius 1 is 1.48 bits per heavy atom. The second-order valence-corrected chi connectivity index (χ2v) is 7.09. The fraction of sp³-hybridized carbons (Fsp3) is 0.588. The fourth-order valence-corrected chi connectivity index (χ4v) is 4.20. The van der Waals surface area contributed by atoms with Crippen molar-refractivity contribution < 1.29 is 4.79 Å². The minimum absolute atomic E-state index is 0.237. The second kappa shape index (κ2) is 6.09. The van der Waals surface area contributed by atoms with E-state index >= 15 is 0 Å². The Bertz CT molecular complexity index is 525. The van der Waals surface area contributed by atoms with Crippen LogP contribution in [0.2, 0.25) is 0 Å². The molecule has 4 heteroatoms. The number of halogens is 1. The number of carbonyl (C=O) groups is 1. The van der Waals surface area contributed by atoms with Crippen molar-refractivity contribution in [2.24, 2.45) is 0 Å². The van der Waals surface area contributed by atoms with E-state index in [2.05, 4.69) is 51.3 Å². The van der Waals surface area contributed by atoms with Crippen LogP contribution in [0, 0.1) is 0 Å². The molecule has 0 spiro atoms. The molecular formula is C17H23BrN2O. The number of hydrogen-bond acceptors (Lipinski definition) is 2. The van der Waals surface area contributed by atoms with Crippen LogP contribution in [0.15, 0.2) is 28.7 Å². The van der Waals surface area contributed by atoms with E-state index in [0.717, 1.165) is 49.7 Å². The molecule has 2 aliphatic rings. The van der Waals surface area contributed by atoms with Crippen LogP contribution in [0.5, 0.6) is 0 Å². The van der Waals surface area contributed by atoms with Crippen LogP contribution in [0.4, 0.5) is 0 Å². The lowest BCUT2D eigenvalue weighted by Crippen LogP contribution is -2.54. The third-order valence-corrected chi connectivity index (χ3v) is 5.50. The highest BCUT2D eigenvalue weighted by Gasteiger charge is 2.44. The number of hydrogen-bond donors (Lipinski definition) is 1. The molecule has 3 nitrogen and oxygen atoms in total. The van der Waals surface area contributed by atoms with Crippen LogP contribution in [-0.4, -0.2) is 29.4 Å². The van der Waals surface area contributed by atoms with Gasteiger partial charge in [0.15, 0.2) is 0 Å². The molecule has 1 aromatic carbocycles. The maximum absolute atomic E-state index is 13.1. The topological polar surface area (TPSA) is 32.3 Å². The number of benzene rings is 1. The average Bonchev–Trinajstić information content (AvgIpc) is 3.16. The molecule has 0 bridgehead atoms. The number of carbonyl (C=O) groups excluding carboxylic acids is 1. The maximum Gasteiger partial charge on any atom is 0.243 e. The number of amides is 1. The van der Waals surface area contributed by atoms with Gasteiger partial charge in [-0.25, -0.2) is 0 Å². The molecule has 2 heterocycles. The summed E-state index contributed by atoms with van der Waals surface area (Å²) in [5.74, 6) is 0.310. The normalized spacial score (nSPS) is 29.0. The molecule has 2 aliphatic heterocycles. The van der Waals surface area contributed by atoms with Gasteiger partial charge in [-0.05, 0) is 56.3 Å². The van der Waals surface area contributed by atoms with Gasteiger partial charge in [0.2, 0.25) is 5.91 Å². The van der Waals surface area contributed by atoms with Gasteiger partial charge in [0.25, 0.3) is 0 Å². The Labute approximate surface area is 135 Å². The molecule has 0 radical (unpaired) electrons. The molecule has 114 valence electrons. The van der Waals surface area contributed by atoms with Gasteiger partial charge in [0, 0.05) is 11.0 Å². The van der Waals surface area contributed by atoms with Gasteiger partial charge in [0.05, 0.1) is 11.6 Å². The minimum atomic E-state index is -0.311. The molecule has 1 N–H and O–H groups in total. The van der Waals surface area contributed by atoms with Crippen LogP contribution >= 0.6 is 15.9 Å². The first kappa shape index (κ1) is 15.0. The first-order valence-electron chi connectivity index (χ1n) is 7.98. The molecule has 0 aliphatic carbocycles. The van der Waals surface area contributed by atoms with E-state index in [-0.39, 0.29) is 11.6 Å². The van der Waals surface area contributed by atoms with Crippen molar-refractivity contribution in [2.45, 2.75) is 50.6 Å². The summed E-state index contributed by atoms with van der Waals surface area (Å²) in [7, 11) is 0. The first-order chi connectivity index (χ1) is 10.2. The van der Waals surface area contributed by atoms with Crippen molar-refractivity contribution in [3.05, 3.63) is 34.3 Å². The fourth-order valence-electron chi connectivity index (χ4n) is 3.79. The predicted octanol–water partition coefficient (Wildman–Crippen LogP) is 3.64. The van der Waals surface area contributed by atoms with Gasteiger partial charge >= 0.3 is 0 Å². The average molecular weight is 351 g/mol. The van der Waals surface area contributed by atoms with Crippen molar-refractivity contribution in [2.75, 3.05) is 13.1 Å². The predicted molar refractivity (Wildman–Crippen MR) is 88.1 cm³/mol. The molecule has 1 amide bonds. The molecule has 2 saturated heterocycles. The lowest BCUT2D eigenvalue weighted by Gasteiger charge is -2.35. The van der Waals surface area contributed by atoms with Crippen LogP contribution in [0.3, 0.4) is 0 Å². The molecule has 1 aromatic rings. The SMILES string of the molecule is CCC1(C(=O)N2CCCC2c2cccc(Br)c2)CCCN1. The minimum Gasteiger partial charge on any atom is -0.334 e. The molecular weight excluding hydrogens is 328 g/mol. The number of likely N-dealkylation sites (tertiary alicyclic amines) is 1. The third-order valence-electron chi connectivity index (χ3n) is 5.00. The van der Waals surface area contributed by atoms with Gasteiger partial charge in [-0.3, -0.25) is 4.79 Å². The lowest BCUT2D eigenvalue weighted by atomic mass is 9.91. The highest BCUT2D eigenvalue weighted by molar-refractivity contribution is 9.10. The third kappa shape index (κ3) is 2.76. The molecule has 2 atom stereocenters. The van der Waals surface area contributed by atoms with E-state index in [4.69, 9.17) is 0 Å². The molecule has 2 fully saturated rings. The van der Waals surface area contributed by atoms with Gasteiger partial charge in [-0.2, -0.15) is 0 Å². The van der Waals surface area contributed by atoms with Crippen molar-refractivity contribution >= 4 is 21.8 Å². The summed E-state index contributed by atoms with van der Waals surface area (Å²) in [4.78, 5) is 15.2. The maximum atomic E-state index is 13.1. The second-order valence-electron chi connectivity index (χ2n) is 6.18. The van der Waals surface area contributed by atoms with Crippen molar-refractivity contribution in [1.82, 2.24) is 10.2 Å². The van der Waals surface area contributed by atoms with Crippen molar-refractivity contribution in [3.8, 4) is 0 Å². The molecule has 21 heavy (non-hydrogen) atoms. The Morgan fingerprint density at radius 3 is 3.00 bits per heavy atom. The largest absolute Gasteiger partial charge is 0.334 e. The van der Waals surface area contributed by atoms with Crippen LogP contribution in [0.25, 0.3) is 0 Å². The van der Waals surface area contributed by atoms with E-state index in [1.807, 2.05) is 6.07 Å². The van der Waals surface area contributed by atoms with Crippen molar-refractivity contribution in [1.29, 1.82) is 0 Å². The Kier molecular flexibility index (Phi) is 4.36.